The van der Waals surface area contributed by atoms with E-state index >= 15 is 0 Å². The van der Waals surface area contributed by atoms with Crippen LogP contribution in [-0.4, -0.2) is 30.9 Å². The van der Waals surface area contributed by atoms with E-state index < -0.39 is 17.0 Å². The van der Waals surface area contributed by atoms with Crippen LogP contribution in [0.1, 0.15) is 15.9 Å². The molecule has 3 aromatic rings. The Hall–Kier alpha value is -3.14. The zero-order valence-electron chi connectivity index (χ0n) is 14.9. The molecule has 3 rings (SSSR count). The predicted octanol–water partition coefficient (Wildman–Crippen LogP) is 1.000. The Labute approximate surface area is 157 Å². The predicted molar refractivity (Wildman–Crippen MR) is 101 cm³/mol. The number of ketones is 1. The maximum Gasteiger partial charge on any atom is 0.332 e. The van der Waals surface area contributed by atoms with Crippen molar-refractivity contribution < 1.29 is 9.21 Å². The highest BCUT2D eigenvalue weighted by atomic mass is 32.2. The van der Waals surface area contributed by atoms with Crippen LogP contribution in [-0.2, 0) is 14.1 Å². The molecule has 1 aromatic carbocycles. The lowest BCUT2D eigenvalue weighted by atomic mass is 10.1. The Bertz CT molecular complexity index is 1130. The summed E-state index contributed by atoms with van der Waals surface area (Å²) in [6.45, 7) is 1.97. The van der Waals surface area contributed by atoms with Crippen LogP contribution in [0.5, 0.6) is 0 Å². The van der Waals surface area contributed by atoms with E-state index in [-0.39, 0.29) is 22.4 Å². The third-order valence-electron chi connectivity index (χ3n) is 4.02. The second-order valence-electron chi connectivity index (χ2n) is 5.92. The number of carbonyl (C=O) groups is 1. The molecule has 0 bridgehead atoms. The Morgan fingerprint density at radius 1 is 1.15 bits per heavy atom. The van der Waals surface area contributed by atoms with Gasteiger partial charge in [-0.2, -0.15) is 0 Å². The van der Waals surface area contributed by atoms with Crippen LogP contribution >= 0.6 is 11.8 Å². The molecule has 0 aliphatic heterocycles. The van der Waals surface area contributed by atoms with Gasteiger partial charge in [0, 0.05) is 19.7 Å². The van der Waals surface area contributed by atoms with E-state index in [0.29, 0.717) is 5.89 Å². The number of Topliss-reactive ketones (excluding diaryl/α,β-unsaturated/α-hetero) is 1. The van der Waals surface area contributed by atoms with Crippen molar-refractivity contribution in [2.75, 3.05) is 11.5 Å². The number of thioether (sulfide) groups is 1. The van der Waals surface area contributed by atoms with Crippen LogP contribution in [0, 0.1) is 6.92 Å². The third kappa shape index (κ3) is 3.56. The molecule has 0 unspecified atom stereocenters. The summed E-state index contributed by atoms with van der Waals surface area (Å²) in [6.07, 6.45) is 0. The number of aromatic nitrogens is 4. The van der Waals surface area contributed by atoms with E-state index in [9.17, 15) is 14.4 Å². The Morgan fingerprint density at radius 2 is 1.81 bits per heavy atom. The van der Waals surface area contributed by atoms with Crippen LogP contribution in [0.15, 0.2) is 43.5 Å². The highest BCUT2D eigenvalue weighted by Crippen LogP contribution is 2.24. The lowest BCUT2D eigenvalue weighted by Gasteiger charge is -2.10. The van der Waals surface area contributed by atoms with Gasteiger partial charge in [0.05, 0.1) is 5.75 Å². The first-order chi connectivity index (χ1) is 12.8. The number of nitrogens with zero attached hydrogens (tertiary/aromatic N) is 4. The molecular formula is C17H17N5O4S. The van der Waals surface area contributed by atoms with Crippen molar-refractivity contribution in [3.05, 3.63) is 56.2 Å². The zero-order valence-corrected chi connectivity index (χ0v) is 15.7. The van der Waals surface area contributed by atoms with Gasteiger partial charge in [-0.3, -0.25) is 18.7 Å². The second kappa shape index (κ2) is 7.23. The van der Waals surface area contributed by atoms with Gasteiger partial charge < -0.3 is 10.2 Å². The van der Waals surface area contributed by atoms with Gasteiger partial charge in [0.25, 0.3) is 10.8 Å². The molecule has 2 N–H and O–H groups in total. The summed E-state index contributed by atoms with van der Waals surface area (Å²) in [4.78, 5) is 36.5. The molecule has 0 atom stereocenters. The van der Waals surface area contributed by atoms with Crippen molar-refractivity contribution in [3.63, 3.8) is 0 Å². The van der Waals surface area contributed by atoms with Crippen molar-refractivity contribution in [2.24, 2.45) is 14.1 Å². The summed E-state index contributed by atoms with van der Waals surface area (Å²) < 4.78 is 7.44. The first-order valence-corrected chi connectivity index (χ1v) is 8.90. The molecular weight excluding hydrogens is 370 g/mol. The number of hydrogen-bond donors (Lipinski definition) is 1. The van der Waals surface area contributed by atoms with E-state index in [0.717, 1.165) is 32.0 Å². The minimum absolute atomic E-state index is 0.132. The fourth-order valence-electron chi connectivity index (χ4n) is 2.40. The quantitative estimate of drug-likeness (QED) is 0.507. The second-order valence-corrected chi connectivity index (χ2v) is 6.84. The monoisotopic (exact) mass is 387 g/mol. The zero-order chi connectivity index (χ0) is 19.7. The molecule has 0 fully saturated rings. The standard InChI is InChI=1S/C17H17N5O4S/c1-9-4-6-10(7-5-9)14-19-20-16(26-14)27-8-11(23)12-13(18)21(2)17(25)22(3)15(12)24/h4-7H,8,18H2,1-3H3. The van der Waals surface area contributed by atoms with Gasteiger partial charge >= 0.3 is 5.69 Å². The average molecular weight is 387 g/mol. The molecule has 0 aliphatic carbocycles. The summed E-state index contributed by atoms with van der Waals surface area (Å²) >= 11 is 0.994. The third-order valence-corrected chi connectivity index (χ3v) is 4.84. The van der Waals surface area contributed by atoms with Crippen molar-refractivity contribution in [1.82, 2.24) is 19.3 Å². The molecule has 27 heavy (non-hydrogen) atoms. The molecule has 0 amide bonds. The van der Waals surface area contributed by atoms with Crippen LogP contribution in [0.25, 0.3) is 11.5 Å². The highest BCUT2D eigenvalue weighted by molar-refractivity contribution is 7.99. The summed E-state index contributed by atoms with van der Waals surface area (Å²) in [5, 5.41) is 8.05. The number of nitrogens with two attached hydrogens (primary N) is 1. The van der Waals surface area contributed by atoms with E-state index in [2.05, 4.69) is 10.2 Å². The summed E-state index contributed by atoms with van der Waals surface area (Å²) in [5.74, 6) is -0.487. The molecule has 10 heteroatoms. The number of hydrogen-bond acceptors (Lipinski definition) is 8. The van der Waals surface area contributed by atoms with E-state index in [1.54, 1.807) is 0 Å². The Balaban J connectivity index is 1.79. The Kier molecular flexibility index (Phi) is 5.00. The van der Waals surface area contributed by atoms with Gasteiger partial charge in [-0.15, -0.1) is 10.2 Å². The SMILES string of the molecule is Cc1ccc(-c2nnc(SCC(=O)c3c(N)n(C)c(=O)n(C)c3=O)o2)cc1. The lowest BCUT2D eigenvalue weighted by molar-refractivity contribution is 0.102. The maximum atomic E-state index is 12.5. The van der Waals surface area contributed by atoms with Gasteiger partial charge in [0.2, 0.25) is 5.89 Å². The molecule has 2 heterocycles. The van der Waals surface area contributed by atoms with Crippen molar-refractivity contribution in [2.45, 2.75) is 12.1 Å². The van der Waals surface area contributed by atoms with Gasteiger partial charge in [0.15, 0.2) is 5.78 Å². The average Bonchev–Trinajstić information content (AvgIpc) is 3.13. The largest absolute Gasteiger partial charge is 0.411 e. The van der Waals surface area contributed by atoms with E-state index in [1.165, 1.54) is 14.1 Å². The fourth-order valence-corrected chi connectivity index (χ4v) is 3.04. The van der Waals surface area contributed by atoms with E-state index in [4.69, 9.17) is 10.2 Å². The van der Waals surface area contributed by atoms with Gasteiger partial charge in [-0.05, 0) is 19.1 Å². The highest BCUT2D eigenvalue weighted by Gasteiger charge is 2.21. The first kappa shape index (κ1) is 18.6. The first-order valence-electron chi connectivity index (χ1n) is 7.91. The molecule has 140 valence electrons. The molecule has 2 aromatic heterocycles. The topological polar surface area (TPSA) is 126 Å². The summed E-state index contributed by atoms with van der Waals surface area (Å²) in [5.41, 5.74) is 6.10. The number of aryl methyl sites for hydroxylation is 1. The Morgan fingerprint density at radius 3 is 2.48 bits per heavy atom. The molecule has 0 saturated carbocycles. The molecule has 0 radical (unpaired) electrons. The molecule has 0 saturated heterocycles. The summed E-state index contributed by atoms with van der Waals surface area (Å²) in [7, 11) is 2.69. The van der Waals surface area contributed by atoms with Crippen LogP contribution in [0.4, 0.5) is 5.82 Å². The maximum absolute atomic E-state index is 12.5. The smallest absolute Gasteiger partial charge is 0.332 e. The van der Waals surface area contributed by atoms with Crippen LogP contribution in [0.3, 0.4) is 0 Å². The number of nitrogen functional groups attached to an aromatic ring is 1. The van der Waals surface area contributed by atoms with Crippen molar-refractivity contribution in [3.8, 4) is 11.5 Å². The normalized spacial score (nSPS) is 10.9. The molecule has 0 spiro atoms. The fraction of sp³-hybridized carbons (Fsp3) is 0.235. The van der Waals surface area contributed by atoms with Crippen molar-refractivity contribution in [1.29, 1.82) is 0 Å². The minimum Gasteiger partial charge on any atom is -0.411 e. The number of rotatable bonds is 5. The van der Waals surface area contributed by atoms with Gasteiger partial charge in [-0.25, -0.2) is 4.79 Å². The molecule has 0 aliphatic rings. The van der Waals surface area contributed by atoms with Gasteiger partial charge in [-0.1, -0.05) is 29.5 Å². The number of carbonyl (C=O) groups excluding carboxylic acids is 1. The van der Waals surface area contributed by atoms with Crippen LogP contribution in [0.2, 0.25) is 0 Å². The minimum atomic E-state index is -0.730. The van der Waals surface area contributed by atoms with E-state index in [1.807, 2.05) is 31.2 Å². The lowest BCUT2D eigenvalue weighted by Crippen LogP contribution is -2.41. The van der Waals surface area contributed by atoms with Crippen molar-refractivity contribution >= 4 is 23.4 Å². The van der Waals surface area contributed by atoms with Gasteiger partial charge in [0.1, 0.15) is 11.4 Å². The summed E-state index contributed by atoms with van der Waals surface area (Å²) in [6, 6.07) is 7.57. The molecule has 9 nitrogen and oxygen atoms in total. The number of anilines is 1. The van der Waals surface area contributed by atoms with Crippen LogP contribution < -0.4 is 17.0 Å². The number of benzene rings is 1.